The minimum Gasteiger partial charge on any atom is -0.462 e. The lowest BCUT2D eigenvalue weighted by molar-refractivity contribution is -0.146. The third-order valence-electron chi connectivity index (χ3n) is 1.02. The second kappa shape index (κ2) is 7.37. The van der Waals surface area contributed by atoms with Crippen molar-refractivity contribution in [2.75, 3.05) is 6.54 Å². The van der Waals surface area contributed by atoms with Crippen molar-refractivity contribution >= 4 is 18.4 Å². The van der Waals surface area contributed by atoms with E-state index in [0.29, 0.717) is 12.6 Å². The van der Waals surface area contributed by atoms with E-state index >= 15 is 0 Å². The zero-order chi connectivity index (χ0) is 8.85. The summed E-state index contributed by atoms with van der Waals surface area (Å²) in [4.78, 5) is 10.9. The maximum absolute atomic E-state index is 10.9. The number of carbonyl (C=O) groups is 1. The molecule has 0 rings (SSSR count). The molecular weight excluding hydrogens is 178 g/mol. The molecule has 0 unspecified atom stereocenters. The standard InChI is InChI=1S/C8H17NO2.ClH/c1-6(2)9-5-8(10)11-7(3)4;/h6-7,9H,5H2,1-4H3;1H. The van der Waals surface area contributed by atoms with Gasteiger partial charge in [0, 0.05) is 6.04 Å². The minimum absolute atomic E-state index is 0. The molecule has 0 radical (unpaired) electrons. The summed E-state index contributed by atoms with van der Waals surface area (Å²) in [7, 11) is 0. The summed E-state index contributed by atoms with van der Waals surface area (Å²) in [5, 5.41) is 2.98. The first kappa shape index (κ1) is 14.3. The fraction of sp³-hybridized carbons (Fsp3) is 0.875. The fourth-order valence-electron chi connectivity index (χ4n) is 0.592. The van der Waals surface area contributed by atoms with Gasteiger partial charge in [0.1, 0.15) is 0 Å². The number of carbonyl (C=O) groups excluding carboxylic acids is 1. The van der Waals surface area contributed by atoms with Gasteiger partial charge >= 0.3 is 5.97 Å². The minimum atomic E-state index is -0.186. The molecule has 0 aliphatic heterocycles. The molecule has 4 heteroatoms. The highest BCUT2D eigenvalue weighted by Crippen LogP contribution is 1.87. The van der Waals surface area contributed by atoms with Crippen LogP contribution in [0.3, 0.4) is 0 Å². The van der Waals surface area contributed by atoms with Crippen molar-refractivity contribution in [3.05, 3.63) is 0 Å². The maximum atomic E-state index is 10.9. The van der Waals surface area contributed by atoms with Crippen LogP contribution in [0.4, 0.5) is 0 Å². The summed E-state index contributed by atoms with van der Waals surface area (Å²) < 4.78 is 4.90. The van der Waals surface area contributed by atoms with Crippen LogP contribution in [0.5, 0.6) is 0 Å². The molecule has 0 heterocycles. The van der Waals surface area contributed by atoms with Crippen LogP contribution in [-0.4, -0.2) is 24.7 Å². The lowest BCUT2D eigenvalue weighted by Gasteiger charge is -2.10. The molecule has 0 aliphatic carbocycles. The highest BCUT2D eigenvalue weighted by Gasteiger charge is 2.04. The Bertz CT molecular complexity index is 126. The summed E-state index contributed by atoms with van der Waals surface area (Å²) in [6.07, 6.45) is -0.0172. The van der Waals surface area contributed by atoms with Gasteiger partial charge in [-0.2, -0.15) is 0 Å². The van der Waals surface area contributed by atoms with Crippen molar-refractivity contribution in [1.82, 2.24) is 5.32 Å². The van der Waals surface area contributed by atoms with E-state index in [1.54, 1.807) is 0 Å². The van der Waals surface area contributed by atoms with E-state index in [9.17, 15) is 4.79 Å². The first-order chi connectivity index (χ1) is 5.02. The van der Waals surface area contributed by atoms with Crippen LogP contribution in [0.25, 0.3) is 0 Å². The van der Waals surface area contributed by atoms with Crippen LogP contribution < -0.4 is 5.32 Å². The van der Waals surface area contributed by atoms with E-state index in [4.69, 9.17) is 4.74 Å². The number of esters is 1. The van der Waals surface area contributed by atoms with Gasteiger partial charge in [-0.25, -0.2) is 0 Å². The molecule has 0 fully saturated rings. The zero-order valence-corrected chi connectivity index (χ0v) is 8.90. The molecule has 0 atom stereocenters. The Labute approximate surface area is 80.3 Å². The van der Waals surface area contributed by atoms with Gasteiger partial charge in [0.2, 0.25) is 0 Å². The molecule has 74 valence electrons. The van der Waals surface area contributed by atoms with Crippen molar-refractivity contribution in [3.63, 3.8) is 0 Å². The summed E-state index contributed by atoms with van der Waals surface area (Å²) in [6.45, 7) is 7.96. The van der Waals surface area contributed by atoms with E-state index < -0.39 is 0 Å². The fourth-order valence-corrected chi connectivity index (χ4v) is 0.592. The number of nitrogens with one attached hydrogen (secondary N) is 1. The number of hydrogen-bond acceptors (Lipinski definition) is 3. The SMILES string of the molecule is CC(C)NCC(=O)OC(C)C.Cl. The van der Waals surface area contributed by atoms with E-state index in [0.717, 1.165) is 0 Å². The number of halogens is 1. The van der Waals surface area contributed by atoms with Crippen LogP contribution in [-0.2, 0) is 9.53 Å². The zero-order valence-electron chi connectivity index (χ0n) is 8.09. The van der Waals surface area contributed by atoms with Gasteiger partial charge in [-0.15, -0.1) is 12.4 Å². The van der Waals surface area contributed by atoms with E-state index in [2.05, 4.69) is 5.32 Å². The highest BCUT2D eigenvalue weighted by molar-refractivity contribution is 5.85. The summed E-state index contributed by atoms with van der Waals surface area (Å²) in [5.74, 6) is -0.186. The summed E-state index contributed by atoms with van der Waals surface area (Å²) in [6, 6.07) is 0.328. The molecule has 1 N–H and O–H groups in total. The van der Waals surface area contributed by atoms with Crippen LogP contribution in [0, 0.1) is 0 Å². The lowest BCUT2D eigenvalue weighted by atomic mass is 10.4. The monoisotopic (exact) mass is 195 g/mol. The van der Waals surface area contributed by atoms with Gasteiger partial charge in [0.05, 0.1) is 12.6 Å². The molecule has 3 nitrogen and oxygen atoms in total. The van der Waals surface area contributed by atoms with Crippen LogP contribution >= 0.6 is 12.4 Å². The largest absolute Gasteiger partial charge is 0.462 e. The van der Waals surface area contributed by atoms with Crippen molar-refractivity contribution in [2.24, 2.45) is 0 Å². The third-order valence-corrected chi connectivity index (χ3v) is 1.02. The van der Waals surface area contributed by atoms with Crippen molar-refractivity contribution in [2.45, 2.75) is 39.8 Å². The van der Waals surface area contributed by atoms with Crippen LogP contribution in [0.15, 0.2) is 0 Å². The molecule has 0 aromatic heterocycles. The summed E-state index contributed by atoms with van der Waals surface area (Å²) in [5.41, 5.74) is 0. The number of hydrogen-bond donors (Lipinski definition) is 1. The molecule has 0 aliphatic rings. The van der Waals surface area contributed by atoms with E-state index in [-0.39, 0.29) is 24.5 Å². The van der Waals surface area contributed by atoms with E-state index in [1.165, 1.54) is 0 Å². The molecule has 0 bridgehead atoms. The Kier molecular flexibility index (Phi) is 8.76. The predicted molar refractivity (Wildman–Crippen MR) is 51.6 cm³/mol. The van der Waals surface area contributed by atoms with Gasteiger partial charge in [-0.05, 0) is 13.8 Å². The average Bonchev–Trinajstić information content (AvgIpc) is 1.82. The van der Waals surface area contributed by atoms with Gasteiger partial charge in [0.25, 0.3) is 0 Å². The number of ether oxygens (including phenoxy) is 1. The molecule has 0 amide bonds. The molecule has 0 spiro atoms. The van der Waals surface area contributed by atoms with E-state index in [1.807, 2.05) is 27.7 Å². The molecule has 0 saturated carbocycles. The topological polar surface area (TPSA) is 38.3 Å². The van der Waals surface area contributed by atoms with Crippen LogP contribution in [0.2, 0.25) is 0 Å². The Balaban J connectivity index is 0. The Morgan fingerprint density at radius 3 is 2.17 bits per heavy atom. The molecule has 0 aromatic rings. The maximum Gasteiger partial charge on any atom is 0.320 e. The highest BCUT2D eigenvalue weighted by atomic mass is 35.5. The smallest absolute Gasteiger partial charge is 0.320 e. The Morgan fingerprint density at radius 1 is 1.33 bits per heavy atom. The first-order valence-corrected chi connectivity index (χ1v) is 3.95. The molecule has 0 aromatic carbocycles. The van der Waals surface area contributed by atoms with Crippen molar-refractivity contribution < 1.29 is 9.53 Å². The first-order valence-electron chi connectivity index (χ1n) is 3.95. The van der Waals surface area contributed by atoms with Gasteiger partial charge in [0.15, 0.2) is 0 Å². The van der Waals surface area contributed by atoms with Crippen molar-refractivity contribution in [1.29, 1.82) is 0 Å². The second-order valence-electron chi connectivity index (χ2n) is 3.07. The normalized spacial score (nSPS) is 9.83. The van der Waals surface area contributed by atoms with Gasteiger partial charge < -0.3 is 10.1 Å². The predicted octanol–water partition coefficient (Wildman–Crippen LogP) is 1.36. The summed E-state index contributed by atoms with van der Waals surface area (Å²) >= 11 is 0. The lowest BCUT2D eigenvalue weighted by Crippen LogP contribution is -2.31. The number of rotatable bonds is 4. The third kappa shape index (κ3) is 9.72. The average molecular weight is 196 g/mol. The molecule has 12 heavy (non-hydrogen) atoms. The van der Waals surface area contributed by atoms with Crippen molar-refractivity contribution in [3.8, 4) is 0 Å². The van der Waals surface area contributed by atoms with Crippen LogP contribution in [0.1, 0.15) is 27.7 Å². The van der Waals surface area contributed by atoms with Gasteiger partial charge in [-0.1, -0.05) is 13.8 Å². The second-order valence-corrected chi connectivity index (χ2v) is 3.07. The molecule has 0 saturated heterocycles. The van der Waals surface area contributed by atoms with Gasteiger partial charge in [-0.3, -0.25) is 4.79 Å². The molecular formula is C8H18ClNO2. The Morgan fingerprint density at radius 2 is 1.83 bits per heavy atom. The quantitative estimate of drug-likeness (QED) is 0.689. The Hall–Kier alpha value is -0.280.